The van der Waals surface area contributed by atoms with E-state index in [9.17, 15) is 4.79 Å². The molecule has 0 fully saturated rings. The number of carboxylic acids is 1. The summed E-state index contributed by atoms with van der Waals surface area (Å²) in [5.41, 5.74) is 1.03. The highest BCUT2D eigenvalue weighted by molar-refractivity contribution is 5.84. The van der Waals surface area contributed by atoms with Gasteiger partial charge in [-0.2, -0.15) is 0 Å². The Morgan fingerprint density at radius 2 is 2.15 bits per heavy atom. The second kappa shape index (κ2) is 6.10. The van der Waals surface area contributed by atoms with Crippen LogP contribution in [0.3, 0.4) is 0 Å². The van der Waals surface area contributed by atoms with Gasteiger partial charge < -0.3 is 14.3 Å². The van der Waals surface area contributed by atoms with E-state index in [1.54, 1.807) is 6.07 Å². The fourth-order valence-electron chi connectivity index (χ4n) is 1.88. The number of furan rings is 1. The summed E-state index contributed by atoms with van der Waals surface area (Å²) in [5.74, 6) is 0.0503. The molecular formula is C16H16O4. The van der Waals surface area contributed by atoms with Gasteiger partial charge in [-0.15, -0.1) is 6.58 Å². The molecule has 0 radical (unpaired) electrons. The number of ether oxygens (including phenoxy) is 1. The second-order valence-corrected chi connectivity index (χ2v) is 4.37. The minimum atomic E-state index is -1.09. The van der Waals surface area contributed by atoms with E-state index in [4.69, 9.17) is 14.3 Å². The third kappa shape index (κ3) is 3.09. The number of hydrogen-bond donors (Lipinski definition) is 1. The monoisotopic (exact) mass is 272 g/mol. The van der Waals surface area contributed by atoms with E-state index in [1.165, 1.54) is 6.07 Å². The van der Waals surface area contributed by atoms with Gasteiger partial charge in [-0.05, 0) is 37.1 Å². The maximum absolute atomic E-state index is 10.8. The van der Waals surface area contributed by atoms with Crippen LogP contribution in [-0.2, 0) is 6.42 Å². The Kier molecular flexibility index (Phi) is 4.25. The first-order valence-corrected chi connectivity index (χ1v) is 6.30. The Bertz CT molecular complexity index is 612. The molecule has 2 aromatic rings. The maximum Gasteiger partial charge on any atom is 0.371 e. The Labute approximate surface area is 117 Å². The summed E-state index contributed by atoms with van der Waals surface area (Å²) in [6, 6.07) is 10.7. The lowest BCUT2D eigenvalue weighted by Crippen LogP contribution is -2.04. The molecule has 0 amide bonds. The zero-order valence-electron chi connectivity index (χ0n) is 11.2. The van der Waals surface area contributed by atoms with Crippen LogP contribution in [0.4, 0.5) is 0 Å². The van der Waals surface area contributed by atoms with Gasteiger partial charge in [0.2, 0.25) is 5.76 Å². The van der Waals surface area contributed by atoms with E-state index in [2.05, 4.69) is 6.58 Å². The number of para-hydroxylation sites is 1. The molecule has 0 bridgehead atoms. The van der Waals surface area contributed by atoms with Crippen molar-refractivity contribution in [2.24, 2.45) is 0 Å². The Morgan fingerprint density at radius 3 is 2.80 bits per heavy atom. The normalized spacial score (nSPS) is 11.8. The lowest BCUT2D eigenvalue weighted by Gasteiger charge is -2.15. The standard InChI is InChI=1S/C16H16O4/c1-3-6-12-7-4-5-8-14(12)19-11(2)13-9-10-15(20-13)16(17)18/h3-5,7-11H,1,6H2,2H3,(H,17,18). The van der Waals surface area contributed by atoms with Gasteiger partial charge in [0.25, 0.3) is 0 Å². The van der Waals surface area contributed by atoms with E-state index in [0.717, 1.165) is 11.3 Å². The van der Waals surface area contributed by atoms with Crippen molar-refractivity contribution in [1.82, 2.24) is 0 Å². The van der Waals surface area contributed by atoms with Crippen molar-refractivity contribution in [2.45, 2.75) is 19.4 Å². The molecule has 0 aliphatic carbocycles. The Balaban J connectivity index is 2.16. The van der Waals surface area contributed by atoms with Gasteiger partial charge >= 0.3 is 5.97 Å². The molecule has 0 saturated carbocycles. The number of carboxylic acid groups (broad SMARTS) is 1. The molecule has 1 unspecified atom stereocenters. The first-order valence-electron chi connectivity index (χ1n) is 6.30. The van der Waals surface area contributed by atoms with Crippen LogP contribution in [0.2, 0.25) is 0 Å². The van der Waals surface area contributed by atoms with Gasteiger partial charge in [0.15, 0.2) is 6.10 Å². The summed E-state index contributed by atoms with van der Waals surface area (Å²) >= 11 is 0. The van der Waals surface area contributed by atoms with Crippen LogP contribution in [0.15, 0.2) is 53.5 Å². The first kappa shape index (κ1) is 13.9. The van der Waals surface area contributed by atoms with Crippen molar-refractivity contribution in [3.63, 3.8) is 0 Å². The number of hydrogen-bond acceptors (Lipinski definition) is 3. The number of allylic oxidation sites excluding steroid dienone is 1. The minimum absolute atomic E-state index is 0.0881. The van der Waals surface area contributed by atoms with Gasteiger partial charge in [0.05, 0.1) is 0 Å². The molecule has 20 heavy (non-hydrogen) atoms. The topological polar surface area (TPSA) is 59.7 Å². The SMILES string of the molecule is C=CCc1ccccc1OC(C)c1ccc(C(=O)O)o1. The minimum Gasteiger partial charge on any atom is -0.482 e. The molecule has 2 rings (SSSR count). The van der Waals surface area contributed by atoms with Crippen LogP contribution >= 0.6 is 0 Å². The molecule has 1 aromatic heterocycles. The highest BCUT2D eigenvalue weighted by Crippen LogP contribution is 2.26. The van der Waals surface area contributed by atoms with E-state index in [-0.39, 0.29) is 11.9 Å². The highest BCUT2D eigenvalue weighted by atomic mass is 16.5. The smallest absolute Gasteiger partial charge is 0.371 e. The predicted octanol–water partition coefficient (Wildman–Crippen LogP) is 3.85. The molecule has 104 valence electrons. The summed E-state index contributed by atoms with van der Waals surface area (Å²) in [4.78, 5) is 10.8. The van der Waals surface area contributed by atoms with Crippen molar-refractivity contribution in [3.8, 4) is 5.75 Å². The van der Waals surface area contributed by atoms with Gasteiger partial charge in [-0.25, -0.2) is 4.79 Å². The number of carbonyl (C=O) groups is 1. The molecule has 0 aliphatic rings. The second-order valence-electron chi connectivity index (χ2n) is 4.37. The summed E-state index contributed by atoms with van der Waals surface area (Å²) < 4.78 is 11.1. The van der Waals surface area contributed by atoms with Crippen LogP contribution < -0.4 is 4.74 Å². The summed E-state index contributed by atoms with van der Waals surface area (Å²) in [5, 5.41) is 8.84. The third-order valence-corrected chi connectivity index (χ3v) is 2.88. The quantitative estimate of drug-likeness (QED) is 0.811. The van der Waals surface area contributed by atoms with Crippen LogP contribution in [0.25, 0.3) is 0 Å². The average molecular weight is 272 g/mol. The van der Waals surface area contributed by atoms with E-state index >= 15 is 0 Å². The molecule has 1 heterocycles. The summed E-state index contributed by atoms with van der Waals surface area (Å²) in [6.45, 7) is 5.53. The molecule has 0 saturated heterocycles. The fourth-order valence-corrected chi connectivity index (χ4v) is 1.88. The van der Waals surface area contributed by atoms with Crippen LogP contribution in [0.1, 0.15) is 34.9 Å². The molecule has 1 atom stereocenters. The van der Waals surface area contributed by atoms with Crippen molar-refractivity contribution < 1.29 is 19.1 Å². The van der Waals surface area contributed by atoms with Gasteiger partial charge in [-0.1, -0.05) is 24.3 Å². The largest absolute Gasteiger partial charge is 0.482 e. The number of aromatic carboxylic acids is 1. The Hall–Kier alpha value is -2.49. The molecule has 0 spiro atoms. The molecule has 4 nitrogen and oxygen atoms in total. The van der Waals surface area contributed by atoms with Crippen molar-refractivity contribution in [3.05, 3.63) is 66.1 Å². The highest BCUT2D eigenvalue weighted by Gasteiger charge is 2.16. The maximum atomic E-state index is 10.8. The number of rotatable bonds is 6. The number of benzene rings is 1. The van der Waals surface area contributed by atoms with Crippen molar-refractivity contribution in [2.75, 3.05) is 0 Å². The predicted molar refractivity (Wildman–Crippen MR) is 75.1 cm³/mol. The van der Waals surface area contributed by atoms with Crippen molar-refractivity contribution in [1.29, 1.82) is 0 Å². The van der Waals surface area contributed by atoms with E-state index in [1.807, 2.05) is 37.3 Å². The zero-order valence-corrected chi connectivity index (χ0v) is 11.2. The third-order valence-electron chi connectivity index (χ3n) is 2.88. The molecule has 1 N–H and O–H groups in total. The average Bonchev–Trinajstić information content (AvgIpc) is 2.91. The molecule has 4 heteroatoms. The van der Waals surface area contributed by atoms with Gasteiger partial charge in [0, 0.05) is 0 Å². The summed E-state index contributed by atoms with van der Waals surface area (Å²) in [7, 11) is 0. The van der Waals surface area contributed by atoms with Crippen LogP contribution in [-0.4, -0.2) is 11.1 Å². The van der Waals surface area contributed by atoms with Crippen molar-refractivity contribution >= 4 is 5.97 Å². The zero-order chi connectivity index (χ0) is 14.5. The van der Waals surface area contributed by atoms with Gasteiger partial charge in [-0.3, -0.25) is 0 Å². The van der Waals surface area contributed by atoms with Gasteiger partial charge in [0.1, 0.15) is 11.5 Å². The molecule has 1 aromatic carbocycles. The van der Waals surface area contributed by atoms with Crippen LogP contribution in [0.5, 0.6) is 5.75 Å². The summed E-state index contributed by atoms with van der Waals surface area (Å²) in [6.07, 6.45) is 2.15. The lowest BCUT2D eigenvalue weighted by atomic mass is 10.1. The van der Waals surface area contributed by atoms with Crippen LogP contribution in [0, 0.1) is 0 Å². The molecule has 0 aliphatic heterocycles. The Morgan fingerprint density at radius 1 is 1.40 bits per heavy atom. The molecular weight excluding hydrogens is 256 g/mol. The first-order chi connectivity index (χ1) is 9.61. The lowest BCUT2D eigenvalue weighted by molar-refractivity contribution is 0.0655. The van der Waals surface area contributed by atoms with E-state index < -0.39 is 5.97 Å². The van der Waals surface area contributed by atoms with E-state index in [0.29, 0.717) is 12.2 Å². The fraction of sp³-hybridized carbons (Fsp3) is 0.188.